The molecular formula is C15H20N6O5. The van der Waals surface area contributed by atoms with E-state index in [2.05, 4.69) is 15.0 Å². The molecule has 140 valence electrons. The van der Waals surface area contributed by atoms with Gasteiger partial charge in [-0.05, 0) is 13.8 Å². The lowest BCUT2D eigenvalue weighted by molar-refractivity contribution is -0.236. The molecule has 0 aliphatic carbocycles. The van der Waals surface area contributed by atoms with Crippen LogP contribution >= 0.6 is 0 Å². The predicted octanol–water partition coefficient (Wildman–Crippen LogP) is -0.177. The quantitative estimate of drug-likeness (QED) is 0.712. The van der Waals surface area contributed by atoms with E-state index in [4.69, 9.17) is 20.0 Å². The molecule has 11 heteroatoms. The van der Waals surface area contributed by atoms with Crippen LogP contribution in [0.1, 0.15) is 20.3 Å². The number of fused-ring (bicyclic) bond motifs is 1. The van der Waals surface area contributed by atoms with E-state index in [1.54, 1.807) is 20.9 Å². The second kappa shape index (κ2) is 6.84. The first-order valence-electron chi connectivity index (χ1n) is 8.14. The van der Waals surface area contributed by atoms with Crippen LogP contribution in [0.3, 0.4) is 0 Å². The maximum Gasteiger partial charge on any atom is 0.362 e. The van der Waals surface area contributed by atoms with Crippen LogP contribution in [-0.4, -0.2) is 62.8 Å². The highest BCUT2D eigenvalue weighted by molar-refractivity contribution is 5.86. The third-order valence-electron chi connectivity index (χ3n) is 4.11. The van der Waals surface area contributed by atoms with Crippen LogP contribution in [0.25, 0.3) is 11.2 Å². The number of imidazole rings is 1. The fraction of sp³-hybridized carbons (Fsp3) is 0.533. The number of carbonyl (C=O) groups excluding carboxylic acids is 2. The number of nitrogens with zero attached hydrogens (tertiary/aromatic N) is 5. The summed E-state index contributed by atoms with van der Waals surface area (Å²) in [6.45, 7) is 3.74. The Morgan fingerprint density at radius 1 is 1.31 bits per heavy atom. The summed E-state index contributed by atoms with van der Waals surface area (Å²) in [5.74, 6) is -1.00. The molecule has 2 atom stereocenters. The Kier molecular flexibility index (Phi) is 4.74. The zero-order valence-corrected chi connectivity index (χ0v) is 14.7. The SMILES string of the molecule is CCOC(=O)[C@@H]1C[C@](C(=O)OCC)(n2cnc3c(N)ncnc32)ON1C. The lowest BCUT2D eigenvalue weighted by Gasteiger charge is -2.27. The minimum Gasteiger partial charge on any atom is -0.465 e. The molecule has 26 heavy (non-hydrogen) atoms. The van der Waals surface area contributed by atoms with E-state index in [1.165, 1.54) is 22.3 Å². The Morgan fingerprint density at radius 2 is 2.04 bits per heavy atom. The van der Waals surface area contributed by atoms with Gasteiger partial charge in [0.15, 0.2) is 11.5 Å². The number of hydrogen-bond acceptors (Lipinski definition) is 10. The van der Waals surface area contributed by atoms with Gasteiger partial charge in [-0.15, -0.1) is 0 Å². The van der Waals surface area contributed by atoms with Crippen molar-refractivity contribution in [3.63, 3.8) is 0 Å². The highest BCUT2D eigenvalue weighted by Crippen LogP contribution is 2.38. The van der Waals surface area contributed by atoms with Crippen molar-refractivity contribution in [1.29, 1.82) is 0 Å². The lowest BCUT2D eigenvalue weighted by atomic mass is 10.0. The number of carbonyl (C=O) groups is 2. The van der Waals surface area contributed by atoms with E-state index in [-0.39, 0.29) is 25.5 Å². The highest BCUT2D eigenvalue weighted by atomic mass is 16.7. The van der Waals surface area contributed by atoms with E-state index in [1.807, 2.05) is 0 Å². The molecule has 3 rings (SSSR count). The summed E-state index contributed by atoms with van der Waals surface area (Å²) >= 11 is 0. The number of anilines is 1. The van der Waals surface area contributed by atoms with Crippen LogP contribution in [0.15, 0.2) is 12.7 Å². The summed E-state index contributed by atoms with van der Waals surface area (Å²) in [5, 5.41) is 1.28. The first-order valence-corrected chi connectivity index (χ1v) is 8.14. The molecule has 0 spiro atoms. The summed E-state index contributed by atoms with van der Waals surface area (Å²) < 4.78 is 11.7. The minimum absolute atomic E-state index is 0.0312. The number of esters is 2. The molecule has 11 nitrogen and oxygen atoms in total. The molecule has 0 saturated carbocycles. The highest BCUT2D eigenvalue weighted by Gasteiger charge is 2.56. The normalized spacial score (nSPS) is 23.3. The predicted molar refractivity (Wildman–Crippen MR) is 88.2 cm³/mol. The molecule has 1 saturated heterocycles. The number of hydrogen-bond donors (Lipinski definition) is 1. The van der Waals surface area contributed by atoms with Gasteiger partial charge in [0.1, 0.15) is 24.2 Å². The van der Waals surface area contributed by atoms with Crippen molar-refractivity contribution in [1.82, 2.24) is 24.6 Å². The van der Waals surface area contributed by atoms with E-state index in [0.29, 0.717) is 11.2 Å². The molecule has 0 amide bonds. The Balaban J connectivity index is 2.10. The van der Waals surface area contributed by atoms with E-state index in [0.717, 1.165) is 0 Å². The van der Waals surface area contributed by atoms with E-state index < -0.39 is 23.7 Å². The number of ether oxygens (including phenoxy) is 2. The van der Waals surface area contributed by atoms with Gasteiger partial charge in [-0.1, -0.05) is 0 Å². The van der Waals surface area contributed by atoms with Crippen LogP contribution in [0, 0.1) is 0 Å². The van der Waals surface area contributed by atoms with Gasteiger partial charge in [-0.25, -0.2) is 19.7 Å². The second-order valence-electron chi connectivity index (χ2n) is 5.66. The van der Waals surface area contributed by atoms with Crippen LogP contribution in [0.5, 0.6) is 0 Å². The summed E-state index contributed by atoms with van der Waals surface area (Å²) in [4.78, 5) is 43.1. The van der Waals surface area contributed by atoms with Crippen molar-refractivity contribution in [2.24, 2.45) is 0 Å². The molecular weight excluding hydrogens is 344 g/mol. The minimum atomic E-state index is -1.66. The summed E-state index contributed by atoms with van der Waals surface area (Å²) in [5.41, 5.74) is 4.78. The number of nitrogen functional groups attached to an aromatic ring is 1. The molecule has 2 N–H and O–H groups in total. The molecule has 1 aliphatic rings. The summed E-state index contributed by atoms with van der Waals surface area (Å²) in [7, 11) is 1.55. The first kappa shape index (κ1) is 18.0. The zero-order chi connectivity index (χ0) is 18.9. The molecule has 2 aromatic heterocycles. The number of hydroxylamine groups is 2. The van der Waals surface area contributed by atoms with Crippen LogP contribution in [0.2, 0.25) is 0 Å². The summed E-state index contributed by atoms with van der Waals surface area (Å²) in [6.07, 6.45) is 2.60. The van der Waals surface area contributed by atoms with Gasteiger partial charge in [-0.3, -0.25) is 14.2 Å². The monoisotopic (exact) mass is 364 g/mol. The Bertz CT molecular complexity index is 839. The fourth-order valence-electron chi connectivity index (χ4n) is 2.92. The van der Waals surface area contributed by atoms with Gasteiger partial charge < -0.3 is 15.2 Å². The molecule has 1 fully saturated rings. The average molecular weight is 364 g/mol. The lowest BCUT2D eigenvalue weighted by Crippen LogP contribution is -2.43. The fourth-order valence-corrected chi connectivity index (χ4v) is 2.92. The average Bonchev–Trinajstić information content (AvgIpc) is 3.18. The summed E-state index contributed by atoms with van der Waals surface area (Å²) in [6, 6.07) is -0.795. The number of nitrogens with two attached hydrogens (primary N) is 1. The number of rotatable bonds is 5. The molecule has 0 unspecified atom stereocenters. The topological polar surface area (TPSA) is 135 Å². The third-order valence-corrected chi connectivity index (χ3v) is 4.11. The molecule has 2 aromatic rings. The van der Waals surface area contributed by atoms with Crippen molar-refractivity contribution in [2.45, 2.75) is 32.0 Å². The van der Waals surface area contributed by atoms with Crippen LogP contribution in [-0.2, 0) is 29.6 Å². The second-order valence-corrected chi connectivity index (χ2v) is 5.66. The van der Waals surface area contributed by atoms with Crippen molar-refractivity contribution >= 4 is 28.9 Å². The van der Waals surface area contributed by atoms with Gasteiger partial charge in [0.25, 0.3) is 5.72 Å². The molecule has 0 radical (unpaired) electrons. The Labute approximate surface area is 149 Å². The smallest absolute Gasteiger partial charge is 0.362 e. The van der Waals surface area contributed by atoms with E-state index >= 15 is 0 Å². The molecule has 0 aromatic carbocycles. The van der Waals surface area contributed by atoms with Crippen molar-refractivity contribution in [2.75, 3.05) is 26.0 Å². The third kappa shape index (κ3) is 2.74. The van der Waals surface area contributed by atoms with Gasteiger partial charge in [0.05, 0.1) is 13.2 Å². The van der Waals surface area contributed by atoms with Gasteiger partial charge in [0.2, 0.25) is 0 Å². The van der Waals surface area contributed by atoms with Crippen LogP contribution < -0.4 is 5.73 Å². The largest absolute Gasteiger partial charge is 0.465 e. The molecule has 1 aliphatic heterocycles. The van der Waals surface area contributed by atoms with E-state index in [9.17, 15) is 9.59 Å². The first-order chi connectivity index (χ1) is 12.4. The molecule has 3 heterocycles. The molecule has 0 bridgehead atoms. The maximum atomic E-state index is 12.8. The van der Waals surface area contributed by atoms with Gasteiger partial charge in [0, 0.05) is 13.5 Å². The number of likely N-dealkylation sites (N-methyl/N-ethyl adjacent to an activating group) is 1. The number of aromatic nitrogens is 4. The van der Waals surface area contributed by atoms with Crippen molar-refractivity contribution in [3.8, 4) is 0 Å². The Hall–Kier alpha value is -2.79. The Morgan fingerprint density at radius 3 is 2.73 bits per heavy atom. The zero-order valence-electron chi connectivity index (χ0n) is 14.7. The van der Waals surface area contributed by atoms with Crippen molar-refractivity contribution in [3.05, 3.63) is 12.7 Å². The van der Waals surface area contributed by atoms with Crippen LogP contribution in [0.4, 0.5) is 5.82 Å². The van der Waals surface area contributed by atoms with Gasteiger partial charge >= 0.3 is 11.9 Å². The van der Waals surface area contributed by atoms with Crippen molar-refractivity contribution < 1.29 is 23.9 Å². The van der Waals surface area contributed by atoms with Gasteiger partial charge in [-0.2, -0.15) is 5.06 Å². The standard InChI is InChI=1S/C15H20N6O5/c1-4-24-13(22)9-6-15(26-20(9)3,14(23)25-5-2)21-8-19-10-11(16)17-7-18-12(10)21/h7-9H,4-6H2,1-3H3,(H2,16,17,18)/t9-,15-/m0/s1. The maximum absolute atomic E-state index is 12.8.